The summed E-state index contributed by atoms with van der Waals surface area (Å²) in [5.74, 6) is 0.312. The Labute approximate surface area is 319 Å². The van der Waals surface area contributed by atoms with Crippen LogP contribution in [0.3, 0.4) is 0 Å². The van der Waals surface area contributed by atoms with Gasteiger partial charge >= 0.3 is 12.3 Å². The molecule has 1 aromatic heterocycles. The molecule has 0 saturated heterocycles. The van der Waals surface area contributed by atoms with Gasteiger partial charge in [-0.15, -0.1) is 10.2 Å². The summed E-state index contributed by atoms with van der Waals surface area (Å²) in [4.78, 5) is 30.6. The molecule has 1 aliphatic heterocycles. The Kier molecular flexibility index (Phi) is 8.94. The van der Waals surface area contributed by atoms with Crippen LogP contribution in [0.15, 0.2) is 73.1 Å². The molecule has 4 aromatic rings. The molecule has 3 aromatic carbocycles. The van der Waals surface area contributed by atoms with Gasteiger partial charge in [0, 0.05) is 30.4 Å². The first kappa shape index (κ1) is 37.2. The third kappa shape index (κ3) is 6.80. The minimum atomic E-state index is -4.71. The van der Waals surface area contributed by atoms with E-state index in [0.29, 0.717) is 25.1 Å². The van der Waals surface area contributed by atoms with Crippen LogP contribution in [0.25, 0.3) is 0 Å². The summed E-state index contributed by atoms with van der Waals surface area (Å²) in [5, 5.41) is 8.75. The molecule has 3 fully saturated rings. The summed E-state index contributed by atoms with van der Waals surface area (Å²) in [6.45, 7) is 7.45. The lowest BCUT2D eigenvalue weighted by molar-refractivity contribution is -0.147. The molecule has 4 aliphatic rings. The van der Waals surface area contributed by atoms with Gasteiger partial charge in [-0.05, 0) is 125 Å². The van der Waals surface area contributed by atoms with E-state index in [4.69, 9.17) is 9.47 Å². The maximum absolute atomic E-state index is 14.8. The van der Waals surface area contributed by atoms with Gasteiger partial charge in [-0.2, -0.15) is 13.2 Å². The van der Waals surface area contributed by atoms with E-state index < -0.39 is 40.3 Å². The van der Waals surface area contributed by atoms with E-state index in [1.54, 1.807) is 33.2 Å². The number of hydrogen-bond donors (Lipinski definition) is 0. The van der Waals surface area contributed by atoms with E-state index in [1.165, 1.54) is 15.9 Å². The Morgan fingerprint density at radius 1 is 0.982 bits per heavy atom. The molecule has 0 unspecified atom stereocenters. The van der Waals surface area contributed by atoms with Crippen LogP contribution in [0.5, 0.6) is 0 Å². The zero-order valence-electron chi connectivity index (χ0n) is 32.1. The standard InChI is InChI=1S/C43H48F3N5O4/c1-39(2,3)55-38(53)51(40(4)15-10-16-40)22-29-17-33-34(35(18-29)43(44,45)46)23-50(36(33)52)31-14-9-13-30(19-31)42(37-48-47-27-49(37)5)25-41(26-42)20-32(21-41)54-24-28-11-7-6-8-12-28/h6-9,11-14,17-19,27,32H,10,15-16,20-26H2,1-5H3. The molecule has 0 radical (unpaired) electrons. The lowest BCUT2D eigenvalue weighted by atomic mass is 9.42. The molecule has 290 valence electrons. The second-order valence-electron chi connectivity index (χ2n) is 17.6. The molecule has 8 rings (SSSR count). The minimum Gasteiger partial charge on any atom is -0.444 e. The molecule has 1 spiro atoms. The number of nitrogens with zero attached hydrogens (tertiary/aromatic N) is 5. The first-order valence-electron chi connectivity index (χ1n) is 19.1. The van der Waals surface area contributed by atoms with E-state index >= 15 is 0 Å². The maximum Gasteiger partial charge on any atom is 0.416 e. The Morgan fingerprint density at radius 3 is 2.33 bits per heavy atom. The number of carbonyl (C=O) groups excluding carboxylic acids is 2. The number of benzene rings is 3. The monoisotopic (exact) mass is 755 g/mol. The normalized spacial score (nSPS) is 24.2. The van der Waals surface area contributed by atoms with E-state index in [-0.39, 0.29) is 41.3 Å². The molecule has 2 amide bonds. The summed E-state index contributed by atoms with van der Waals surface area (Å²) < 4.78 is 58.3. The zero-order chi connectivity index (χ0) is 39.0. The number of ether oxygens (including phenoxy) is 2. The fourth-order valence-corrected chi connectivity index (χ4v) is 9.46. The SMILES string of the molecule is Cn1cnnc1C1(c2cccc(N3Cc4c(cc(CN(C(=O)OC(C)(C)C)C5(C)CCC5)cc4C(F)(F)F)C3=O)c2)CC2(CC(OCc3ccccc3)C2)C1. The third-order valence-corrected chi connectivity index (χ3v) is 12.3. The quantitative estimate of drug-likeness (QED) is 0.169. The van der Waals surface area contributed by atoms with Gasteiger partial charge < -0.3 is 18.9 Å². The molecule has 9 nitrogen and oxygen atoms in total. The van der Waals surface area contributed by atoms with Crippen molar-refractivity contribution in [3.05, 3.63) is 112 Å². The van der Waals surface area contributed by atoms with Crippen molar-refractivity contribution < 1.29 is 32.2 Å². The van der Waals surface area contributed by atoms with Gasteiger partial charge in [-0.3, -0.25) is 9.69 Å². The number of amides is 2. The van der Waals surface area contributed by atoms with Crippen molar-refractivity contribution >= 4 is 17.7 Å². The van der Waals surface area contributed by atoms with Gasteiger partial charge in [0.1, 0.15) is 17.8 Å². The van der Waals surface area contributed by atoms with Crippen molar-refractivity contribution in [3.8, 4) is 0 Å². The van der Waals surface area contributed by atoms with Crippen molar-refractivity contribution in [1.29, 1.82) is 0 Å². The molecule has 0 atom stereocenters. The predicted molar refractivity (Wildman–Crippen MR) is 200 cm³/mol. The topological polar surface area (TPSA) is 89.8 Å². The van der Waals surface area contributed by atoms with Crippen molar-refractivity contribution in [1.82, 2.24) is 19.7 Å². The highest BCUT2D eigenvalue weighted by atomic mass is 19.4. The minimum absolute atomic E-state index is 0.000228. The Bertz CT molecular complexity index is 2110. The van der Waals surface area contributed by atoms with Crippen molar-refractivity contribution in [2.75, 3.05) is 4.90 Å². The second-order valence-corrected chi connectivity index (χ2v) is 17.6. The highest BCUT2D eigenvalue weighted by molar-refractivity contribution is 6.10. The number of fused-ring (bicyclic) bond motifs is 1. The molecule has 3 aliphatic carbocycles. The van der Waals surface area contributed by atoms with Crippen LogP contribution in [-0.4, -0.2) is 48.9 Å². The third-order valence-electron chi connectivity index (χ3n) is 12.3. The average molecular weight is 756 g/mol. The number of alkyl halides is 3. The number of rotatable bonds is 9. The van der Waals surface area contributed by atoms with Gasteiger partial charge in [-0.1, -0.05) is 42.5 Å². The molecule has 55 heavy (non-hydrogen) atoms. The molecule has 0 bridgehead atoms. The highest BCUT2D eigenvalue weighted by Crippen LogP contribution is 2.67. The number of carbonyl (C=O) groups is 2. The number of anilines is 1. The molecular formula is C43H48F3N5O4. The van der Waals surface area contributed by atoms with E-state index in [2.05, 4.69) is 22.3 Å². The smallest absolute Gasteiger partial charge is 0.416 e. The molecular weight excluding hydrogens is 707 g/mol. The summed E-state index contributed by atoms with van der Waals surface area (Å²) in [5.41, 5.74) is 0.203. The molecule has 2 heterocycles. The van der Waals surface area contributed by atoms with Crippen molar-refractivity contribution in [2.24, 2.45) is 12.5 Å². The number of hydrogen-bond acceptors (Lipinski definition) is 6. The van der Waals surface area contributed by atoms with Crippen LogP contribution in [0, 0.1) is 5.41 Å². The summed E-state index contributed by atoms with van der Waals surface area (Å²) in [7, 11) is 1.92. The van der Waals surface area contributed by atoms with Crippen LogP contribution in [-0.2, 0) is 47.8 Å². The summed E-state index contributed by atoms with van der Waals surface area (Å²) >= 11 is 0. The highest BCUT2D eigenvalue weighted by Gasteiger charge is 2.63. The number of aryl methyl sites for hydroxylation is 1. The van der Waals surface area contributed by atoms with Crippen molar-refractivity contribution in [3.63, 3.8) is 0 Å². The van der Waals surface area contributed by atoms with Crippen LogP contribution in [0.2, 0.25) is 0 Å². The van der Waals surface area contributed by atoms with E-state index in [1.807, 2.05) is 54.9 Å². The predicted octanol–water partition coefficient (Wildman–Crippen LogP) is 9.12. The van der Waals surface area contributed by atoms with Crippen LogP contribution in [0.1, 0.15) is 117 Å². The van der Waals surface area contributed by atoms with E-state index in [9.17, 15) is 22.8 Å². The Hall–Kier alpha value is -4.71. The molecule has 12 heteroatoms. The molecule has 3 saturated carbocycles. The first-order chi connectivity index (χ1) is 26.0. The Balaban J connectivity index is 1.06. The fourth-order valence-electron chi connectivity index (χ4n) is 9.46. The lowest BCUT2D eigenvalue weighted by Gasteiger charge is -2.63. The van der Waals surface area contributed by atoms with Gasteiger partial charge in [0.25, 0.3) is 5.91 Å². The van der Waals surface area contributed by atoms with Gasteiger partial charge in [-0.25, -0.2) is 4.79 Å². The largest absolute Gasteiger partial charge is 0.444 e. The summed E-state index contributed by atoms with van der Waals surface area (Å²) in [6.07, 6.45) is 2.42. The van der Waals surface area contributed by atoms with Crippen LogP contribution in [0.4, 0.5) is 23.7 Å². The maximum atomic E-state index is 14.8. The van der Waals surface area contributed by atoms with Crippen LogP contribution < -0.4 is 4.90 Å². The van der Waals surface area contributed by atoms with Crippen LogP contribution >= 0.6 is 0 Å². The van der Waals surface area contributed by atoms with Gasteiger partial charge in [0.05, 0.1) is 30.2 Å². The average Bonchev–Trinajstić information content (AvgIpc) is 3.66. The first-order valence-corrected chi connectivity index (χ1v) is 19.1. The van der Waals surface area contributed by atoms with E-state index in [0.717, 1.165) is 55.1 Å². The summed E-state index contributed by atoms with van der Waals surface area (Å²) in [6, 6.07) is 20.4. The van der Waals surface area contributed by atoms with Gasteiger partial charge in [0.15, 0.2) is 0 Å². The number of aromatic nitrogens is 3. The fraction of sp³-hybridized carbons (Fsp3) is 0.488. The zero-order valence-corrected chi connectivity index (χ0v) is 32.1. The van der Waals surface area contributed by atoms with Gasteiger partial charge in [0.2, 0.25) is 0 Å². The Morgan fingerprint density at radius 2 is 1.71 bits per heavy atom. The number of halogens is 3. The lowest BCUT2D eigenvalue weighted by Crippen LogP contribution is -2.59. The second kappa shape index (κ2) is 13.2. The molecule has 0 N–H and O–H groups in total. The van der Waals surface area contributed by atoms with Crippen molar-refractivity contribution in [2.45, 2.75) is 121 Å².